The predicted octanol–water partition coefficient (Wildman–Crippen LogP) is 2.01. The van der Waals surface area contributed by atoms with E-state index in [1.54, 1.807) is 24.3 Å². The third-order valence-corrected chi connectivity index (χ3v) is 2.12. The van der Waals surface area contributed by atoms with Crippen LogP contribution >= 0.6 is 0 Å². The summed E-state index contributed by atoms with van der Waals surface area (Å²) in [4.78, 5) is 21.9. The van der Waals surface area contributed by atoms with Crippen molar-refractivity contribution in [1.82, 2.24) is 5.32 Å². The summed E-state index contributed by atoms with van der Waals surface area (Å²) in [7, 11) is 0. The third kappa shape index (κ3) is 5.16. The number of hydrogen-bond acceptors (Lipinski definition) is 2. The zero-order chi connectivity index (χ0) is 13.5. The molecule has 0 heterocycles. The molecule has 0 saturated heterocycles. The number of carbonyl (C=O) groups excluding carboxylic acids is 1. The number of carbonyl (C=O) groups is 2. The second-order valence-electron chi connectivity index (χ2n) is 4.03. The van der Waals surface area contributed by atoms with Crippen LogP contribution in [-0.2, 0) is 11.2 Å². The Morgan fingerprint density at radius 2 is 1.89 bits per heavy atom. The lowest BCUT2D eigenvalue weighted by Crippen LogP contribution is -2.29. The molecular formula is C13H16N2O3. The van der Waals surface area contributed by atoms with Crippen molar-refractivity contribution in [1.29, 1.82) is 0 Å². The van der Waals surface area contributed by atoms with E-state index in [2.05, 4.69) is 17.2 Å². The summed E-state index contributed by atoms with van der Waals surface area (Å²) in [5, 5.41) is 13.9. The van der Waals surface area contributed by atoms with Gasteiger partial charge in [0.2, 0.25) is 0 Å². The number of aliphatic carboxylic acids is 1. The van der Waals surface area contributed by atoms with Crippen molar-refractivity contribution in [2.45, 2.75) is 13.3 Å². The van der Waals surface area contributed by atoms with Crippen LogP contribution in [0.3, 0.4) is 0 Å². The highest BCUT2D eigenvalue weighted by Gasteiger charge is 2.03. The van der Waals surface area contributed by atoms with Crippen LogP contribution in [0.1, 0.15) is 12.5 Å². The molecule has 96 valence electrons. The van der Waals surface area contributed by atoms with Crippen LogP contribution in [-0.4, -0.2) is 23.7 Å². The van der Waals surface area contributed by atoms with Gasteiger partial charge in [-0.3, -0.25) is 4.79 Å². The van der Waals surface area contributed by atoms with Gasteiger partial charge in [-0.1, -0.05) is 24.3 Å². The van der Waals surface area contributed by atoms with E-state index in [1.165, 1.54) is 0 Å². The average Bonchev–Trinajstić information content (AvgIpc) is 2.28. The van der Waals surface area contributed by atoms with Crippen LogP contribution in [0.15, 0.2) is 36.4 Å². The second kappa shape index (κ2) is 6.44. The van der Waals surface area contributed by atoms with Crippen molar-refractivity contribution < 1.29 is 14.7 Å². The van der Waals surface area contributed by atoms with Crippen LogP contribution in [0.4, 0.5) is 10.5 Å². The minimum atomic E-state index is -0.880. The first-order chi connectivity index (χ1) is 8.47. The van der Waals surface area contributed by atoms with Crippen LogP contribution in [0.2, 0.25) is 0 Å². The number of hydrogen-bond donors (Lipinski definition) is 3. The molecule has 18 heavy (non-hydrogen) atoms. The third-order valence-electron chi connectivity index (χ3n) is 2.12. The first kappa shape index (κ1) is 13.8. The topological polar surface area (TPSA) is 78.4 Å². The number of anilines is 1. The molecular weight excluding hydrogens is 232 g/mol. The van der Waals surface area contributed by atoms with E-state index in [9.17, 15) is 9.59 Å². The molecule has 0 aliphatic carbocycles. The van der Waals surface area contributed by atoms with E-state index in [4.69, 9.17) is 5.11 Å². The van der Waals surface area contributed by atoms with E-state index >= 15 is 0 Å². The number of urea groups is 1. The van der Waals surface area contributed by atoms with Gasteiger partial charge in [0.05, 0.1) is 6.42 Å². The number of carboxylic acids is 1. The molecule has 0 bridgehead atoms. The molecule has 3 N–H and O–H groups in total. The Balaban J connectivity index is 2.50. The fourth-order valence-electron chi connectivity index (χ4n) is 1.29. The van der Waals surface area contributed by atoms with Gasteiger partial charge in [-0.25, -0.2) is 4.79 Å². The molecule has 1 rings (SSSR count). The average molecular weight is 248 g/mol. The summed E-state index contributed by atoms with van der Waals surface area (Å²) < 4.78 is 0. The molecule has 1 aromatic rings. The van der Waals surface area contributed by atoms with E-state index < -0.39 is 5.97 Å². The molecule has 5 nitrogen and oxygen atoms in total. The highest BCUT2D eigenvalue weighted by molar-refractivity contribution is 5.89. The maximum Gasteiger partial charge on any atom is 0.319 e. The van der Waals surface area contributed by atoms with Crippen LogP contribution in [0.25, 0.3) is 0 Å². The van der Waals surface area contributed by atoms with Crippen molar-refractivity contribution in [2.24, 2.45) is 0 Å². The Bertz CT molecular complexity index is 452. The lowest BCUT2D eigenvalue weighted by Gasteiger charge is -2.07. The highest BCUT2D eigenvalue weighted by atomic mass is 16.4. The van der Waals surface area contributed by atoms with Crippen molar-refractivity contribution in [2.75, 3.05) is 11.9 Å². The van der Waals surface area contributed by atoms with Crippen molar-refractivity contribution in [3.05, 3.63) is 42.0 Å². The number of carboxylic acid groups (broad SMARTS) is 1. The molecule has 0 atom stereocenters. The summed E-state index contributed by atoms with van der Waals surface area (Å²) in [6.45, 7) is 5.92. The van der Waals surface area contributed by atoms with Gasteiger partial charge in [0.1, 0.15) is 0 Å². The van der Waals surface area contributed by atoms with Gasteiger partial charge < -0.3 is 15.7 Å². The molecule has 0 saturated carbocycles. The fraction of sp³-hybridized carbons (Fsp3) is 0.231. The predicted molar refractivity (Wildman–Crippen MR) is 69.6 cm³/mol. The summed E-state index contributed by atoms with van der Waals surface area (Å²) in [5.41, 5.74) is 2.17. The van der Waals surface area contributed by atoms with Gasteiger partial charge in [-0.2, -0.15) is 0 Å². The smallest absolute Gasteiger partial charge is 0.319 e. The Morgan fingerprint density at radius 3 is 2.39 bits per heavy atom. The van der Waals surface area contributed by atoms with E-state index in [0.717, 1.165) is 5.57 Å². The Kier molecular flexibility index (Phi) is 4.92. The van der Waals surface area contributed by atoms with Gasteiger partial charge in [-0.05, 0) is 24.6 Å². The van der Waals surface area contributed by atoms with E-state index in [-0.39, 0.29) is 12.5 Å². The highest BCUT2D eigenvalue weighted by Crippen LogP contribution is 2.09. The zero-order valence-electron chi connectivity index (χ0n) is 10.2. The van der Waals surface area contributed by atoms with Gasteiger partial charge in [-0.15, -0.1) is 0 Å². The Labute approximate surface area is 106 Å². The normalized spacial score (nSPS) is 9.61. The first-order valence-corrected chi connectivity index (χ1v) is 5.47. The molecule has 5 heteroatoms. The molecule has 0 aliphatic heterocycles. The molecule has 0 unspecified atom stereocenters. The van der Waals surface area contributed by atoms with Crippen molar-refractivity contribution in [3.63, 3.8) is 0 Å². The van der Waals surface area contributed by atoms with Crippen molar-refractivity contribution in [3.8, 4) is 0 Å². The van der Waals surface area contributed by atoms with E-state index in [0.29, 0.717) is 17.8 Å². The quantitative estimate of drug-likeness (QED) is 0.697. The molecule has 2 amide bonds. The number of benzene rings is 1. The van der Waals surface area contributed by atoms with Gasteiger partial charge in [0.25, 0.3) is 0 Å². The summed E-state index contributed by atoms with van der Waals surface area (Å²) in [5.74, 6) is -0.880. The molecule has 0 fully saturated rings. The molecule has 0 aromatic heterocycles. The van der Waals surface area contributed by atoms with Crippen LogP contribution in [0.5, 0.6) is 0 Å². The number of nitrogens with one attached hydrogen (secondary N) is 2. The summed E-state index contributed by atoms with van der Waals surface area (Å²) in [6.07, 6.45) is -0.0257. The van der Waals surface area contributed by atoms with Crippen LogP contribution < -0.4 is 10.6 Å². The first-order valence-electron chi connectivity index (χ1n) is 5.47. The summed E-state index contributed by atoms with van der Waals surface area (Å²) >= 11 is 0. The number of rotatable bonds is 5. The minimum absolute atomic E-state index is 0.0257. The Morgan fingerprint density at radius 1 is 1.28 bits per heavy atom. The minimum Gasteiger partial charge on any atom is -0.481 e. The Hall–Kier alpha value is -2.30. The SMILES string of the molecule is C=C(C)CNC(=O)Nc1ccc(CC(=O)O)cc1. The van der Waals surface area contributed by atoms with Gasteiger partial charge in [0.15, 0.2) is 0 Å². The fourth-order valence-corrected chi connectivity index (χ4v) is 1.29. The monoisotopic (exact) mass is 248 g/mol. The molecule has 0 radical (unpaired) electrons. The second-order valence-corrected chi connectivity index (χ2v) is 4.03. The lowest BCUT2D eigenvalue weighted by molar-refractivity contribution is -0.136. The van der Waals surface area contributed by atoms with Crippen molar-refractivity contribution >= 4 is 17.7 Å². The lowest BCUT2D eigenvalue weighted by atomic mass is 10.1. The maximum absolute atomic E-state index is 11.4. The largest absolute Gasteiger partial charge is 0.481 e. The maximum atomic E-state index is 11.4. The number of amides is 2. The standard InChI is InChI=1S/C13H16N2O3/c1-9(2)8-14-13(18)15-11-5-3-10(4-6-11)7-12(16)17/h3-6H,1,7-8H2,2H3,(H,16,17)(H2,14,15,18). The zero-order valence-corrected chi connectivity index (χ0v) is 10.2. The molecule has 1 aromatic carbocycles. The molecule has 0 spiro atoms. The summed E-state index contributed by atoms with van der Waals surface area (Å²) in [6, 6.07) is 6.35. The van der Waals surface area contributed by atoms with E-state index in [1.807, 2.05) is 6.92 Å². The van der Waals surface area contributed by atoms with Crippen LogP contribution in [0, 0.1) is 0 Å². The van der Waals surface area contributed by atoms with Gasteiger partial charge in [0, 0.05) is 12.2 Å². The van der Waals surface area contributed by atoms with Gasteiger partial charge >= 0.3 is 12.0 Å². The molecule has 0 aliphatic rings.